The second-order valence-electron chi connectivity index (χ2n) is 5.25. The van der Waals surface area contributed by atoms with E-state index in [9.17, 15) is 4.79 Å². The third-order valence-electron chi connectivity index (χ3n) is 3.70. The summed E-state index contributed by atoms with van der Waals surface area (Å²) in [6.07, 6.45) is 5.36. The number of carbonyl (C=O) groups excluding carboxylic acids is 1. The van der Waals surface area contributed by atoms with Gasteiger partial charge in [0, 0.05) is 18.0 Å². The molecule has 21 heavy (non-hydrogen) atoms. The predicted octanol–water partition coefficient (Wildman–Crippen LogP) is 1.59. The maximum atomic E-state index is 12.1. The summed E-state index contributed by atoms with van der Waals surface area (Å²) >= 11 is 1.56. The fraction of sp³-hybridized carbons (Fsp3) is 0.467. The Balaban J connectivity index is 2.03. The maximum absolute atomic E-state index is 12.1. The molecule has 0 unspecified atom stereocenters. The zero-order valence-corrected chi connectivity index (χ0v) is 13.0. The summed E-state index contributed by atoms with van der Waals surface area (Å²) in [5.41, 5.74) is 1.61. The molecule has 0 bridgehead atoms. The molecule has 1 atom stereocenters. The summed E-state index contributed by atoms with van der Waals surface area (Å²) in [5.74, 6) is 1.13. The molecule has 1 aromatic rings. The van der Waals surface area contributed by atoms with Crippen LogP contribution in [0.2, 0.25) is 0 Å². The van der Waals surface area contributed by atoms with E-state index in [-0.39, 0.29) is 5.97 Å². The van der Waals surface area contributed by atoms with Crippen molar-refractivity contribution >= 4 is 29.4 Å². The molecule has 0 spiro atoms. The van der Waals surface area contributed by atoms with Crippen LogP contribution in [0.3, 0.4) is 0 Å². The van der Waals surface area contributed by atoms with Crippen molar-refractivity contribution in [2.75, 3.05) is 13.2 Å². The third-order valence-corrected chi connectivity index (χ3v) is 4.46. The van der Waals surface area contributed by atoms with E-state index in [0.29, 0.717) is 18.1 Å². The Kier molecular flexibility index (Phi) is 3.90. The minimum absolute atomic E-state index is 0.283. The first-order valence-electron chi connectivity index (χ1n) is 7.19. The smallest absolute Gasteiger partial charge is 0.410 e. The molecule has 0 aliphatic carbocycles. The number of thiazole rings is 1. The highest BCUT2D eigenvalue weighted by molar-refractivity contribution is 7.11. The lowest BCUT2D eigenvalue weighted by Gasteiger charge is -2.28. The van der Waals surface area contributed by atoms with Crippen molar-refractivity contribution in [2.45, 2.75) is 26.7 Å². The number of piperidine rings is 1. The minimum atomic E-state index is -0.283. The summed E-state index contributed by atoms with van der Waals surface area (Å²) in [4.78, 5) is 18.6. The molecule has 0 N–H and O–H groups in total. The molecule has 2 aliphatic heterocycles. The summed E-state index contributed by atoms with van der Waals surface area (Å²) in [5, 5.41) is 2.83. The largest absolute Gasteiger partial charge is 0.462 e. The summed E-state index contributed by atoms with van der Waals surface area (Å²) < 4.78 is 9.63. The standard InChI is InChI=1S/C15H18N3O2S/c1-3-20-15(19)11-8-17-13(14-16-6-7-21-14)18-9-10(2)4-5-12(11)18/h6-8,10H,3-5,9H2,1-2H3/q+1/t10-/m0/s1. The number of hydrogen-bond acceptors (Lipinski definition) is 5. The molecule has 1 aromatic heterocycles. The Morgan fingerprint density at radius 2 is 2.48 bits per heavy atom. The van der Waals surface area contributed by atoms with Crippen molar-refractivity contribution in [1.82, 2.24) is 14.6 Å². The van der Waals surface area contributed by atoms with Crippen molar-refractivity contribution in [3.63, 3.8) is 0 Å². The SMILES string of the molecule is CCOC(=O)C1=C2CC[C@H](C)CN2C(c2nccs2)=[N+]=C1. The van der Waals surface area contributed by atoms with Gasteiger partial charge in [0.05, 0.1) is 13.2 Å². The lowest BCUT2D eigenvalue weighted by molar-refractivity contribution is -0.138. The van der Waals surface area contributed by atoms with Crippen LogP contribution in [-0.4, -0.2) is 41.1 Å². The van der Waals surface area contributed by atoms with Gasteiger partial charge in [0.2, 0.25) is 11.2 Å². The molecule has 6 heteroatoms. The number of rotatable bonds is 3. The fourth-order valence-electron chi connectivity index (χ4n) is 2.68. The molecule has 110 valence electrons. The van der Waals surface area contributed by atoms with Crippen LogP contribution in [0, 0.1) is 5.92 Å². The Hall–Kier alpha value is -1.91. The summed E-state index contributed by atoms with van der Waals surface area (Å²) in [6, 6.07) is 0. The van der Waals surface area contributed by atoms with Gasteiger partial charge in [-0.3, -0.25) is 0 Å². The van der Waals surface area contributed by atoms with Gasteiger partial charge in [-0.15, -0.1) is 11.3 Å². The number of ether oxygens (including phenoxy) is 1. The number of amidine groups is 1. The van der Waals surface area contributed by atoms with Gasteiger partial charge in [0.1, 0.15) is 5.70 Å². The highest BCUT2D eigenvalue weighted by Gasteiger charge is 2.40. The average Bonchev–Trinajstić information content (AvgIpc) is 3.00. The molecule has 1 fully saturated rings. The van der Waals surface area contributed by atoms with E-state index in [0.717, 1.165) is 35.9 Å². The van der Waals surface area contributed by atoms with E-state index in [1.54, 1.807) is 23.7 Å². The molecular weight excluding hydrogens is 286 g/mol. The van der Waals surface area contributed by atoms with Crippen LogP contribution >= 0.6 is 11.3 Å². The third kappa shape index (κ3) is 2.64. The van der Waals surface area contributed by atoms with E-state index in [4.69, 9.17) is 4.74 Å². The van der Waals surface area contributed by atoms with Crippen molar-refractivity contribution in [3.8, 4) is 0 Å². The number of allylic oxidation sites excluding steroid dienone is 1. The number of hydrogen-bond donors (Lipinski definition) is 0. The van der Waals surface area contributed by atoms with Gasteiger partial charge >= 0.3 is 11.8 Å². The Morgan fingerprint density at radius 3 is 3.19 bits per heavy atom. The zero-order chi connectivity index (χ0) is 14.8. The van der Waals surface area contributed by atoms with E-state index in [1.807, 2.05) is 12.3 Å². The second kappa shape index (κ2) is 5.84. The van der Waals surface area contributed by atoms with Crippen LogP contribution in [0.1, 0.15) is 31.7 Å². The Labute approximate surface area is 127 Å². The maximum Gasteiger partial charge on any atom is 0.410 e. The monoisotopic (exact) mass is 304 g/mol. The van der Waals surface area contributed by atoms with E-state index < -0.39 is 0 Å². The van der Waals surface area contributed by atoms with Gasteiger partial charge in [-0.05, 0) is 19.3 Å². The number of carbonyl (C=O) groups is 1. The van der Waals surface area contributed by atoms with Crippen molar-refractivity contribution in [1.29, 1.82) is 0 Å². The number of esters is 1. The van der Waals surface area contributed by atoms with Gasteiger partial charge in [-0.25, -0.2) is 19.3 Å². The van der Waals surface area contributed by atoms with Crippen LogP contribution in [0.5, 0.6) is 0 Å². The van der Waals surface area contributed by atoms with Gasteiger partial charge in [0.25, 0.3) is 0 Å². The molecule has 3 rings (SSSR count). The van der Waals surface area contributed by atoms with Gasteiger partial charge in [0.15, 0.2) is 5.57 Å². The van der Waals surface area contributed by atoms with Gasteiger partial charge in [-0.2, -0.15) is 0 Å². The summed E-state index contributed by atoms with van der Waals surface area (Å²) in [7, 11) is 0. The lowest BCUT2D eigenvalue weighted by Crippen LogP contribution is -2.43. The van der Waals surface area contributed by atoms with Crippen LogP contribution in [-0.2, 0) is 9.53 Å². The Bertz CT molecular complexity index is 642. The number of nitrogens with zero attached hydrogens (tertiary/aromatic N) is 3. The van der Waals surface area contributed by atoms with Crippen molar-refractivity contribution in [2.24, 2.45) is 5.92 Å². The minimum Gasteiger partial charge on any atom is -0.462 e. The second-order valence-corrected chi connectivity index (χ2v) is 6.15. The lowest BCUT2D eigenvalue weighted by atomic mass is 9.94. The van der Waals surface area contributed by atoms with E-state index in [1.165, 1.54) is 0 Å². The van der Waals surface area contributed by atoms with Crippen LogP contribution in [0.15, 0.2) is 22.8 Å². The van der Waals surface area contributed by atoms with Crippen molar-refractivity contribution in [3.05, 3.63) is 27.9 Å². The first-order valence-corrected chi connectivity index (χ1v) is 8.07. The molecule has 0 saturated carbocycles. The van der Waals surface area contributed by atoms with Crippen LogP contribution in [0.25, 0.3) is 0 Å². The molecule has 5 nitrogen and oxygen atoms in total. The number of fused-ring (bicyclic) bond motifs is 1. The topological polar surface area (TPSA) is 56.5 Å². The number of aromatic nitrogens is 1. The van der Waals surface area contributed by atoms with E-state index in [2.05, 4.69) is 21.5 Å². The van der Waals surface area contributed by atoms with Gasteiger partial charge in [-0.1, -0.05) is 6.92 Å². The summed E-state index contributed by atoms with van der Waals surface area (Å²) in [6.45, 7) is 5.28. The zero-order valence-electron chi connectivity index (χ0n) is 12.2. The van der Waals surface area contributed by atoms with Crippen LogP contribution in [0.4, 0.5) is 0 Å². The highest BCUT2D eigenvalue weighted by Crippen LogP contribution is 2.29. The first kappa shape index (κ1) is 14.0. The van der Waals surface area contributed by atoms with E-state index >= 15 is 0 Å². The molecule has 1 saturated heterocycles. The average molecular weight is 304 g/mol. The highest BCUT2D eigenvalue weighted by atomic mass is 32.1. The molecule has 0 amide bonds. The first-order chi connectivity index (χ1) is 10.2. The predicted molar refractivity (Wildman–Crippen MR) is 83.2 cm³/mol. The quantitative estimate of drug-likeness (QED) is 0.628. The molecule has 0 aromatic carbocycles. The van der Waals surface area contributed by atoms with Gasteiger partial charge < -0.3 is 4.74 Å². The molecule has 2 aliphatic rings. The molecular formula is C15H18N3O2S+. The normalized spacial score (nSPS) is 21.1. The molecule has 3 heterocycles. The van der Waals surface area contributed by atoms with Crippen LogP contribution < -0.4 is 4.67 Å². The van der Waals surface area contributed by atoms with Crippen molar-refractivity contribution < 1.29 is 9.53 Å². The molecule has 0 radical (unpaired) electrons. The fourth-order valence-corrected chi connectivity index (χ4v) is 3.32. The Morgan fingerprint density at radius 1 is 1.62 bits per heavy atom.